The van der Waals surface area contributed by atoms with Gasteiger partial charge in [-0.3, -0.25) is 4.79 Å². The van der Waals surface area contributed by atoms with E-state index < -0.39 is 25.8 Å². The highest BCUT2D eigenvalue weighted by Gasteiger charge is 2.13. The number of hydrogen-bond acceptors (Lipinski definition) is 2. The zero-order chi connectivity index (χ0) is 17.4. The Morgan fingerprint density at radius 2 is 2.06 bits per heavy atom. The molecule has 17 heavy (non-hydrogen) atoms. The van der Waals surface area contributed by atoms with Crippen LogP contribution >= 0.6 is 0 Å². The van der Waals surface area contributed by atoms with Gasteiger partial charge in [-0.2, -0.15) is 0 Å². The fourth-order valence-corrected chi connectivity index (χ4v) is 1.63. The van der Waals surface area contributed by atoms with E-state index in [4.69, 9.17) is 18.1 Å². The lowest BCUT2D eigenvalue weighted by atomic mass is 9.98. The second-order valence-electron chi connectivity index (χ2n) is 3.64. The highest BCUT2D eigenvalue weighted by molar-refractivity contribution is 5.86. The van der Waals surface area contributed by atoms with Gasteiger partial charge in [0.05, 0.1) is 17.1 Å². The molecule has 0 bridgehead atoms. The summed E-state index contributed by atoms with van der Waals surface area (Å²) in [5, 5.41) is 10.4. The molecule has 0 amide bonds. The lowest BCUT2D eigenvalue weighted by Crippen LogP contribution is -2.06. The molecule has 0 aliphatic rings. The molecule has 1 unspecified atom stereocenters. The number of hydrogen-bond donors (Lipinski definition) is 1. The summed E-state index contributed by atoms with van der Waals surface area (Å²) in [6, 6.07) is 8.91. The summed E-state index contributed by atoms with van der Waals surface area (Å²) in [4.78, 5) is 11.3. The fourth-order valence-electron chi connectivity index (χ4n) is 1.63. The van der Waals surface area contributed by atoms with Gasteiger partial charge >= 0.3 is 5.97 Å². The van der Waals surface area contributed by atoms with Crippen LogP contribution in [0, 0.1) is 0 Å². The van der Waals surface area contributed by atoms with Gasteiger partial charge in [-0.05, 0) is 35.3 Å². The molecule has 88 valence electrons. The lowest BCUT2D eigenvalue weighted by molar-refractivity contribution is -0.138. The standard InChI is InChI=1S/C14H14O3/c1-9(14(15)16)10-3-4-12-8-13(17-2)6-5-11(12)7-10/h3-9H,1-2H3,(H,15,16)/i1D3,2D3. The summed E-state index contributed by atoms with van der Waals surface area (Å²) in [5.74, 6) is -2.90. The Labute approximate surface area is 108 Å². The molecule has 0 aliphatic carbocycles. The predicted molar refractivity (Wildman–Crippen MR) is 66.6 cm³/mol. The number of carboxylic acid groups (broad SMARTS) is 1. The molecule has 0 aromatic heterocycles. The van der Waals surface area contributed by atoms with E-state index in [2.05, 4.69) is 0 Å². The average Bonchev–Trinajstić information content (AvgIpc) is 2.34. The first-order valence-corrected chi connectivity index (χ1v) is 4.93. The number of ether oxygens (including phenoxy) is 1. The minimum Gasteiger partial charge on any atom is -0.497 e. The normalized spacial score (nSPS) is 19.1. The number of rotatable bonds is 3. The maximum absolute atomic E-state index is 11.3. The van der Waals surface area contributed by atoms with Crippen molar-refractivity contribution in [3.63, 3.8) is 0 Å². The van der Waals surface area contributed by atoms with Crippen LogP contribution < -0.4 is 4.74 Å². The first kappa shape index (κ1) is 6.05. The molecular weight excluding hydrogens is 216 g/mol. The monoisotopic (exact) mass is 236 g/mol. The molecule has 0 saturated heterocycles. The first-order chi connectivity index (χ1) is 10.5. The van der Waals surface area contributed by atoms with Crippen LogP contribution in [0.15, 0.2) is 36.4 Å². The van der Waals surface area contributed by atoms with E-state index in [1.807, 2.05) is 0 Å². The van der Waals surface area contributed by atoms with Gasteiger partial charge < -0.3 is 9.84 Å². The van der Waals surface area contributed by atoms with Crippen LogP contribution in [-0.4, -0.2) is 18.1 Å². The van der Waals surface area contributed by atoms with Crippen LogP contribution in [0.1, 0.15) is 26.6 Å². The third-order valence-electron chi connectivity index (χ3n) is 2.53. The van der Waals surface area contributed by atoms with Gasteiger partial charge in [0.2, 0.25) is 0 Å². The van der Waals surface area contributed by atoms with E-state index in [9.17, 15) is 4.79 Å². The van der Waals surface area contributed by atoms with Crippen LogP contribution in [0.5, 0.6) is 5.75 Å². The molecule has 2 aromatic carbocycles. The Balaban J connectivity index is 2.44. The first-order valence-electron chi connectivity index (χ1n) is 7.93. The smallest absolute Gasteiger partial charge is 0.310 e. The van der Waals surface area contributed by atoms with Crippen LogP contribution in [0.3, 0.4) is 0 Å². The second-order valence-corrected chi connectivity index (χ2v) is 3.64. The molecule has 2 aromatic rings. The highest BCUT2D eigenvalue weighted by atomic mass is 16.5. The molecule has 0 fully saturated rings. The van der Waals surface area contributed by atoms with Gasteiger partial charge in [-0.15, -0.1) is 0 Å². The summed E-state index contributed by atoms with van der Waals surface area (Å²) in [7, 11) is -2.57. The summed E-state index contributed by atoms with van der Waals surface area (Å²) in [5.41, 5.74) is 0.162. The maximum Gasteiger partial charge on any atom is 0.310 e. The van der Waals surface area contributed by atoms with E-state index in [-0.39, 0.29) is 11.3 Å². The summed E-state index contributed by atoms with van der Waals surface area (Å²) in [6.45, 7) is -2.66. The Kier molecular flexibility index (Phi) is 1.59. The molecule has 2 rings (SSSR count). The molecule has 1 atom stereocenters. The Bertz CT molecular complexity index is 735. The van der Waals surface area contributed by atoms with Crippen LogP contribution in [-0.2, 0) is 4.79 Å². The van der Waals surface area contributed by atoms with Gasteiger partial charge in [0.1, 0.15) is 5.75 Å². The molecule has 1 N–H and O–H groups in total. The van der Waals surface area contributed by atoms with Gasteiger partial charge in [0.15, 0.2) is 0 Å². The molecule has 3 nitrogen and oxygen atoms in total. The molecule has 0 radical (unpaired) electrons. The van der Waals surface area contributed by atoms with Gasteiger partial charge in [-0.25, -0.2) is 0 Å². The predicted octanol–water partition coefficient (Wildman–Crippen LogP) is 3.04. The quantitative estimate of drug-likeness (QED) is 0.891. The summed E-state index contributed by atoms with van der Waals surface area (Å²) < 4.78 is 48.1. The van der Waals surface area contributed by atoms with Crippen molar-refractivity contribution in [1.29, 1.82) is 0 Å². The second kappa shape index (κ2) is 4.45. The van der Waals surface area contributed by atoms with E-state index in [1.165, 1.54) is 24.3 Å². The van der Waals surface area contributed by atoms with Crippen LogP contribution in [0.2, 0.25) is 0 Å². The number of aliphatic carboxylic acids is 1. The van der Waals surface area contributed by atoms with Gasteiger partial charge in [-0.1, -0.05) is 24.3 Å². The number of methoxy groups -OCH3 is 1. The van der Waals surface area contributed by atoms with E-state index >= 15 is 0 Å². The van der Waals surface area contributed by atoms with E-state index in [0.717, 1.165) is 0 Å². The van der Waals surface area contributed by atoms with E-state index in [0.29, 0.717) is 10.8 Å². The number of carboxylic acids is 1. The van der Waals surface area contributed by atoms with Crippen LogP contribution in [0.4, 0.5) is 0 Å². The van der Waals surface area contributed by atoms with Crippen molar-refractivity contribution in [1.82, 2.24) is 0 Å². The fraction of sp³-hybridized carbons (Fsp3) is 0.214. The van der Waals surface area contributed by atoms with Crippen LogP contribution in [0.25, 0.3) is 10.8 Å². The Morgan fingerprint density at radius 1 is 1.29 bits per heavy atom. The largest absolute Gasteiger partial charge is 0.497 e. The average molecular weight is 236 g/mol. The minimum atomic E-state index is -2.66. The summed E-state index contributed by atoms with van der Waals surface area (Å²) in [6.07, 6.45) is 0. The van der Waals surface area contributed by atoms with Crippen molar-refractivity contribution in [3.8, 4) is 5.75 Å². The zero-order valence-electron chi connectivity index (χ0n) is 14.8. The third kappa shape index (κ3) is 2.23. The van der Waals surface area contributed by atoms with Crippen molar-refractivity contribution in [2.75, 3.05) is 7.04 Å². The summed E-state index contributed by atoms with van der Waals surface area (Å²) >= 11 is 0. The van der Waals surface area contributed by atoms with Crippen molar-refractivity contribution < 1.29 is 22.9 Å². The molecule has 0 spiro atoms. The van der Waals surface area contributed by atoms with Crippen molar-refractivity contribution in [2.24, 2.45) is 0 Å². The molecule has 0 aliphatic heterocycles. The SMILES string of the molecule is [2H]C([2H])([2H])Oc1ccc2cc(C(C(=O)O)C([2H])([2H])[2H])ccc2c1. The van der Waals surface area contributed by atoms with Crippen molar-refractivity contribution in [2.45, 2.75) is 12.8 Å². The molecule has 0 saturated carbocycles. The molecule has 3 heteroatoms. The minimum absolute atomic E-state index is 0.149. The number of fused-ring (bicyclic) bond motifs is 1. The Hall–Kier alpha value is -2.03. The van der Waals surface area contributed by atoms with Crippen molar-refractivity contribution in [3.05, 3.63) is 42.0 Å². The maximum atomic E-state index is 11.3. The lowest BCUT2D eigenvalue weighted by Gasteiger charge is -2.08. The van der Waals surface area contributed by atoms with E-state index in [1.54, 1.807) is 12.1 Å². The van der Waals surface area contributed by atoms with Gasteiger partial charge in [0, 0.05) is 4.11 Å². The number of benzene rings is 2. The highest BCUT2D eigenvalue weighted by Crippen LogP contribution is 2.25. The molecular formula is C14H14O3. The number of carbonyl (C=O) groups is 1. The topological polar surface area (TPSA) is 46.5 Å². The third-order valence-corrected chi connectivity index (χ3v) is 2.53. The van der Waals surface area contributed by atoms with Crippen molar-refractivity contribution >= 4 is 16.7 Å². The molecule has 0 heterocycles. The van der Waals surface area contributed by atoms with Gasteiger partial charge in [0.25, 0.3) is 0 Å². The Morgan fingerprint density at radius 3 is 2.76 bits per heavy atom. The zero-order valence-corrected chi connectivity index (χ0v) is 8.81.